The molecular weight excluding hydrogens is 408 g/mol. The van der Waals surface area contributed by atoms with E-state index in [1.807, 2.05) is 38.1 Å². The van der Waals surface area contributed by atoms with Gasteiger partial charge in [0.25, 0.3) is 0 Å². The van der Waals surface area contributed by atoms with Crippen LogP contribution in [0.4, 0.5) is 0 Å². The summed E-state index contributed by atoms with van der Waals surface area (Å²) in [6.45, 7) is 7.53. The molecule has 3 aromatic heterocycles. The first-order valence-electron chi connectivity index (χ1n) is 10.3. The number of furan rings is 1. The Labute approximate surface area is 184 Å². The Morgan fingerprint density at radius 1 is 1.19 bits per heavy atom. The molecule has 0 fully saturated rings. The second kappa shape index (κ2) is 7.64. The number of ketones is 1. The fourth-order valence-electron chi connectivity index (χ4n) is 4.06. The second-order valence-corrected chi connectivity index (χ2v) is 7.82. The minimum atomic E-state index is -0.487. The van der Waals surface area contributed by atoms with E-state index in [0.29, 0.717) is 40.0 Å². The van der Waals surface area contributed by atoms with Crippen molar-refractivity contribution in [1.29, 1.82) is 0 Å². The van der Waals surface area contributed by atoms with E-state index in [1.54, 1.807) is 30.1 Å². The van der Waals surface area contributed by atoms with E-state index >= 15 is 0 Å². The average molecular weight is 430 g/mol. The molecule has 4 aromatic rings. The number of allylic oxidation sites excluding steroid dienone is 2. The highest BCUT2D eigenvalue weighted by Gasteiger charge is 2.37. The molecule has 1 atom stereocenters. The molecule has 5 rings (SSSR count). The molecular formula is C24H22N4O4. The van der Waals surface area contributed by atoms with Gasteiger partial charge in [-0.2, -0.15) is 0 Å². The maximum Gasteiger partial charge on any atom is 0.228 e. The summed E-state index contributed by atoms with van der Waals surface area (Å²) in [5.41, 5.74) is 3.93. The van der Waals surface area contributed by atoms with Gasteiger partial charge in [0.2, 0.25) is 5.88 Å². The van der Waals surface area contributed by atoms with Gasteiger partial charge in [-0.25, -0.2) is 14.5 Å². The van der Waals surface area contributed by atoms with Crippen LogP contribution < -0.4 is 9.47 Å². The van der Waals surface area contributed by atoms with Crippen LogP contribution in [0.5, 0.6) is 11.6 Å². The van der Waals surface area contributed by atoms with E-state index in [9.17, 15) is 4.79 Å². The monoisotopic (exact) mass is 430 g/mol. The SMILES string of the molecule is CC(=O)C1=C(C)Oc2ncn3nc(COc4cccc(C)c4C)nc3c2C1c1ccco1. The Morgan fingerprint density at radius 2 is 2.03 bits per heavy atom. The zero-order valence-corrected chi connectivity index (χ0v) is 18.2. The van der Waals surface area contributed by atoms with Crippen molar-refractivity contribution in [3.63, 3.8) is 0 Å². The van der Waals surface area contributed by atoms with Crippen molar-refractivity contribution in [3.05, 3.63) is 82.5 Å². The van der Waals surface area contributed by atoms with Gasteiger partial charge in [-0.3, -0.25) is 4.79 Å². The molecule has 0 aliphatic carbocycles. The van der Waals surface area contributed by atoms with Gasteiger partial charge >= 0.3 is 0 Å². The molecule has 8 heteroatoms. The maximum absolute atomic E-state index is 12.5. The summed E-state index contributed by atoms with van der Waals surface area (Å²) in [4.78, 5) is 21.6. The smallest absolute Gasteiger partial charge is 0.228 e. The van der Waals surface area contributed by atoms with Crippen LogP contribution in [0, 0.1) is 13.8 Å². The molecule has 32 heavy (non-hydrogen) atoms. The fraction of sp³-hybridized carbons (Fsp3) is 0.250. The van der Waals surface area contributed by atoms with Crippen LogP contribution >= 0.6 is 0 Å². The number of ether oxygens (including phenoxy) is 2. The van der Waals surface area contributed by atoms with Crippen LogP contribution in [0.15, 0.2) is 58.7 Å². The van der Waals surface area contributed by atoms with Crippen LogP contribution in [-0.4, -0.2) is 25.4 Å². The highest BCUT2D eigenvalue weighted by molar-refractivity contribution is 5.97. The standard InChI is InChI=1S/C24H22N4O4/c1-13-7-5-8-17(14(13)2)31-11-19-26-23-22-21(18-9-6-10-30-18)20(15(3)29)16(4)32-24(22)25-12-28(23)27-19/h5-10,12,21H,11H2,1-4H3. The van der Waals surface area contributed by atoms with Crippen molar-refractivity contribution in [2.75, 3.05) is 0 Å². The van der Waals surface area contributed by atoms with E-state index in [-0.39, 0.29) is 12.4 Å². The van der Waals surface area contributed by atoms with E-state index in [0.717, 1.165) is 16.9 Å². The topological polar surface area (TPSA) is 91.8 Å². The first-order chi connectivity index (χ1) is 15.4. The normalized spacial score (nSPS) is 15.6. The summed E-state index contributed by atoms with van der Waals surface area (Å²) in [6, 6.07) is 9.55. The highest BCUT2D eigenvalue weighted by atomic mass is 16.5. The Hall–Kier alpha value is -3.94. The van der Waals surface area contributed by atoms with Crippen LogP contribution in [0.25, 0.3) is 5.65 Å². The van der Waals surface area contributed by atoms with E-state index in [2.05, 4.69) is 10.1 Å². The van der Waals surface area contributed by atoms with Crippen molar-refractivity contribution in [1.82, 2.24) is 19.6 Å². The van der Waals surface area contributed by atoms with Gasteiger partial charge in [0.1, 0.15) is 30.2 Å². The van der Waals surface area contributed by atoms with Gasteiger partial charge in [-0.1, -0.05) is 12.1 Å². The molecule has 1 aliphatic heterocycles. The number of nitrogens with zero attached hydrogens (tertiary/aromatic N) is 4. The van der Waals surface area contributed by atoms with Gasteiger partial charge in [-0.15, -0.1) is 5.10 Å². The zero-order valence-electron chi connectivity index (χ0n) is 18.2. The van der Waals surface area contributed by atoms with Crippen molar-refractivity contribution in [3.8, 4) is 11.6 Å². The minimum absolute atomic E-state index is 0.102. The maximum atomic E-state index is 12.5. The molecule has 0 N–H and O–H groups in total. The molecule has 0 spiro atoms. The summed E-state index contributed by atoms with van der Waals surface area (Å²) in [5, 5.41) is 4.52. The molecule has 1 aliphatic rings. The lowest BCUT2D eigenvalue weighted by Gasteiger charge is -2.26. The second-order valence-electron chi connectivity index (χ2n) is 7.82. The predicted molar refractivity (Wildman–Crippen MR) is 116 cm³/mol. The predicted octanol–water partition coefficient (Wildman–Crippen LogP) is 4.30. The van der Waals surface area contributed by atoms with Crippen molar-refractivity contribution >= 4 is 11.4 Å². The van der Waals surface area contributed by atoms with E-state index < -0.39 is 5.92 Å². The highest BCUT2D eigenvalue weighted by Crippen LogP contribution is 2.44. The molecule has 0 amide bonds. The molecule has 8 nitrogen and oxygen atoms in total. The molecule has 0 saturated carbocycles. The summed E-state index contributed by atoms with van der Waals surface area (Å²) < 4.78 is 19.2. The summed E-state index contributed by atoms with van der Waals surface area (Å²) in [7, 11) is 0. The number of Topliss-reactive ketones (excluding diaryl/α,β-unsaturated/α-hetero) is 1. The van der Waals surface area contributed by atoms with Crippen LogP contribution in [0.2, 0.25) is 0 Å². The quantitative estimate of drug-likeness (QED) is 0.466. The lowest BCUT2D eigenvalue weighted by atomic mass is 9.85. The Bertz CT molecular complexity index is 1370. The van der Waals surface area contributed by atoms with Gasteiger partial charge in [-0.05, 0) is 57.0 Å². The number of fused-ring (bicyclic) bond motifs is 3. The Balaban J connectivity index is 1.58. The van der Waals surface area contributed by atoms with Crippen LogP contribution in [0.3, 0.4) is 0 Å². The number of hydrogen-bond acceptors (Lipinski definition) is 7. The number of rotatable bonds is 5. The van der Waals surface area contributed by atoms with E-state index in [1.165, 1.54) is 6.92 Å². The minimum Gasteiger partial charge on any atom is -0.485 e. The molecule has 4 heterocycles. The Kier molecular flexibility index (Phi) is 4.77. The van der Waals surface area contributed by atoms with Crippen molar-refractivity contribution in [2.45, 2.75) is 40.2 Å². The molecule has 162 valence electrons. The van der Waals surface area contributed by atoms with Gasteiger partial charge in [0.05, 0.1) is 17.7 Å². The average Bonchev–Trinajstić information content (AvgIpc) is 3.43. The van der Waals surface area contributed by atoms with Gasteiger partial charge < -0.3 is 13.9 Å². The first-order valence-corrected chi connectivity index (χ1v) is 10.3. The molecule has 1 unspecified atom stereocenters. The van der Waals surface area contributed by atoms with Crippen LogP contribution in [-0.2, 0) is 11.4 Å². The van der Waals surface area contributed by atoms with Gasteiger partial charge in [0, 0.05) is 5.57 Å². The van der Waals surface area contributed by atoms with Crippen molar-refractivity contribution < 1.29 is 18.7 Å². The molecule has 0 bridgehead atoms. The van der Waals surface area contributed by atoms with Crippen LogP contribution in [0.1, 0.15) is 48.0 Å². The molecule has 1 aromatic carbocycles. The number of aromatic nitrogens is 4. The van der Waals surface area contributed by atoms with Gasteiger partial charge in [0.15, 0.2) is 17.3 Å². The third-order valence-corrected chi connectivity index (χ3v) is 5.76. The fourth-order valence-corrected chi connectivity index (χ4v) is 4.06. The molecule has 0 saturated heterocycles. The lowest BCUT2D eigenvalue weighted by molar-refractivity contribution is -0.114. The zero-order chi connectivity index (χ0) is 22.4. The number of carbonyl (C=O) groups excluding carboxylic acids is 1. The number of hydrogen-bond donors (Lipinski definition) is 0. The third kappa shape index (κ3) is 3.24. The molecule has 0 radical (unpaired) electrons. The van der Waals surface area contributed by atoms with E-state index in [4.69, 9.17) is 18.9 Å². The van der Waals surface area contributed by atoms with Crippen molar-refractivity contribution in [2.24, 2.45) is 0 Å². The Morgan fingerprint density at radius 3 is 2.78 bits per heavy atom. The number of aryl methyl sites for hydroxylation is 1. The largest absolute Gasteiger partial charge is 0.485 e. The third-order valence-electron chi connectivity index (χ3n) is 5.76. The summed E-state index contributed by atoms with van der Waals surface area (Å²) in [6.07, 6.45) is 3.13. The number of carbonyl (C=O) groups is 1. The summed E-state index contributed by atoms with van der Waals surface area (Å²) in [5.74, 6) is 2.20. The summed E-state index contributed by atoms with van der Waals surface area (Å²) >= 11 is 0. The number of benzene rings is 1. The lowest BCUT2D eigenvalue weighted by Crippen LogP contribution is -2.21. The first kappa shape index (κ1) is 20.0.